The van der Waals surface area contributed by atoms with Crippen molar-refractivity contribution in [2.24, 2.45) is 0 Å². The quantitative estimate of drug-likeness (QED) is 0.0841. The number of ether oxygens (including phenoxy) is 3. The van der Waals surface area contributed by atoms with Crippen molar-refractivity contribution in [1.29, 1.82) is 0 Å². The maximum atomic E-state index is 13.9. The van der Waals surface area contributed by atoms with E-state index in [2.05, 4.69) is 29.1 Å². The number of aromatic nitrogens is 4. The van der Waals surface area contributed by atoms with E-state index in [9.17, 15) is 9.59 Å². The summed E-state index contributed by atoms with van der Waals surface area (Å²) in [5.74, 6) is 0.680. The zero-order valence-electron chi connectivity index (χ0n) is 26.1. The molecule has 0 bridgehead atoms. The Bertz CT molecular complexity index is 2240. The van der Waals surface area contributed by atoms with Gasteiger partial charge in [0.05, 0.1) is 26.7 Å². The Labute approximate surface area is 296 Å². The fourth-order valence-corrected chi connectivity index (χ4v) is 5.54. The van der Waals surface area contributed by atoms with Gasteiger partial charge in [-0.3, -0.25) is 14.6 Å². The van der Waals surface area contributed by atoms with Gasteiger partial charge in [-0.2, -0.15) is 0 Å². The van der Waals surface area contributed by atoms with Crippen LogP contribution in [0.25, 0.3) is 49.2 Å². The van der Waals surface area contributed by atoms with E-state index in [1.807, 2.05) is 35.2 Å². The number of anilines is 1. The second-order valence-corrected chi connectivity index (χ2v) is 10.2. The first-order valence-electron chi connectivity index (χ1n) is 14.5. The molecule has 0 atom stereocenters. The number of hydrogen-bond acceptors (Lipinski definition) is 10. The molecule has 0 spiro atoms. The zero-order valence-corrected chi connectivity index (χ0v) is 28.9. The van der Waals surface area contributed by atoms with Gasteiger partial charge in [0.1, 0.15) is 22.9 Å². The second kappa shape index (κ2) is 15.1. The van der Waals surface area contributed by atoms with Crippen molar-refractivity contribution in [2.45, 2.75) is 6.82 Å². The van der Waals surface area contributed by atoms with Gasteiger partial charge in [-0.05, 0) is 41.8 Å². The van der Waals surface area contributed by atoms with Gasteiger partial charge in [-0.15, -0.1) is 0 Å². The normalized spacial score (nSPS) is 11.0. The van der Waals surface area contributed by atoms with Crippen molar-refractivity contribution < 1.29 is 51.3 Å². The number of rotatable bonds is 10. The molecular weight excluding hydrogens is 674 g/mol. The third kappa shape index (κ3) is 6.51. The van der Waals surface area contributed by atoms with Crippen LogP contribution in [-0.2, 0) is 42.2 Å². The van der Waals surface area contributed by atoms with Crippen molar-refractivity contribution >= 4 is 57.3 Å². The Hall–Kier alpha value is -4.22. The molecule has 0 aliphatic rings. The molecule has 233 valence electrons. The summed E-state index contributed by atoms with van der Waals surface area (Å²) in [4.78, 5) is 42.3. The van der Waals surface area contributed by atoms with Gasteiger partial charge in [-0.1, -0.05) is 37.2 Å². The topological polar surface area (TPSA) is 122 Å². The Morgan fingerprint density at radius 2 is 1.47 bits per heavy atom. The minimum atomic E-state index is -0.440. The van der Waals surface area contributed by atoms with E-state index in [4.69, 9.17) is 18.6 Å². The van der Waals surface area contributed by atoms with Crippen molar-refractivity contribution in [3.63, 3.8) is 0 Å². The molecule has 13 heteroatoms. The fraction of sp³-hybridized carbons (Fsp3) is 0.206. The number of hydrogen-bond donors (Lipinski definition) is 0. The van der Waals surface area contributed by atoms with Crippen LogP contribution in [0.2, 0.25) is 6.82 Å². The van der Waals surface area contributed by atoms with Gasteiger partial charge in [0, 0.05) is 99.3 Å². The van der Waals surface area contributed by atoms with Crippen LogP contribution in [0.15, 0.2) is 86.8 Å². The summed E-state index contributed by atoms with van der Waals surface area (Å²) in [6.45, 7) is 3.49. The van der Waals surface area contributed by atoms with Crippen molar-refractivity contribution in [1.82, 2.24) is 19.5 Å². The first-order valence-corrected chi connectivity index (χ1v) is 14.5. The zero-order chi connectivity index (χ0) is 32.2. The van der Waals surface area contributed by atoms with Crippen molar-refractivity contribution in [3.8, 4) is 17.4 Å². The smallest absolute Gasteiger partial charge is 0.265 e. The van der Waals surface area contributed by atoms with E-state index in [0.717, 1.165) is 26.3 Å². The molecule has 7 rings (SSSR count). The Kier molecular flexibility index (Phi) is 11.0. The van der Waals surface area contributed by atoms with E-state index in [0.29, 0.717) is 65.4 Å². The molecule has 0 N–H and O–H groups in total. The number of nitrogens with zero attached hydrogens (tertiary/aromatic N) is 5. The third-order valence-electron chi connectivity index (χ3n) is 7.58. The number of pyridine rings is 1. The van der Waals surface area contributed by atoms with Crippen LogP contribution < -0.4 is 20.8 Å². The first kappa shape index (κ1) is 34.1. The molecule has 11 nitrogen and oxygen atoms in total. The van der Waals surface area contributed by atoms with E-state index >= 15 is 0 Å². The van der Waals surface area contributed by atoms with Crippen LogP contribution in [-0.4, -0.2) is 67.9 Å². The van der Waals surface area contributed by atoms with E-state index in [1.54, 1.807) is 56.7 Å². The van der Waals surface area contributed by atoms with Gasteiger partial charge in [-0.25, -0.2) is 4.57 Å². The molecule has 47 heavy (non-hydrogen) atoms. The van der Waals surface area contributed by atoms with Crippen LogP contribution in [0.4, 0.5) is 5.95 Å². The Morgan fingerprint density at radius 3 is 2.19 bits per heavy atom. The molecule has 0 fully saturated rings. The average Bonchev–Trinajstić information content (AvgIpc) is 3.09. The first-order chi connectivity index (χ1) is 22.6. The molecule has 0 aliphatic heterocycles. The fourth-order valence-electron chi connectivity index (χ4n) is 5.54. The molecule has 7 aromatic rings. The minimum absolute atomic E-state index is 0. The van der Waals surface area contributed by atoms with Crippen molar-refractivity contribution in [3.05, 3.63) is 99.8 Å². The van der Waals surface area contributed by atoms with Gasteiger partial charge in [0.15, 0.2) is 0 Å². The standard InChI is InChI=1S/C33H26N5O6.CH3B.Y/c1-41-16-14-37(15-17-42-2)32-34-19-35-33(36-32)43-21-7-5-6-20(18-21)38-30(39)24-11-10-23-22-8-3-4-9-26(22)44-27-13-12-25(31(38)40)28(24)29(23)27;1-2;/h3-13,18H,14-17H2,1-2H3;1H3;/q-1;;. The summed E-state index contributed by atoms with van der Waals surface area (Å²) in [5.41, 5.74) is 0.809. The number of methoxy groups -OCH3 is 2. The van der Waals surface area contributed by atoms with E-state index < -0.39 is 11.1 Å². The van der Waals surface area contributed by atoms with Gasteiger partial charge < -0.3 is 33.5 Å². The molecule has 3 aromatic heterocycles. The largest absolute Gasteiger partial charge is 0.483 e. The molecule has 4 aromatic carbocycles. The monoisotopic (exact) mass is 703 g/mol. The van der Waals surface area contributed by atoms with Crippen LogP contribution in [0, 0.1) is 6.33 Å². The molecule has 0 saturated carbocycles. The summed E-state index contributed by atoms with van der Waals surface area (Å²) >= 11 is 0. The molecule has 3 radical (unpaired) electrons. The van der Waals surface area contributed by atoms with Crippen LogP contribution in [0.5, 0.6) is 11.8 Å². The van der Waals surface area contributed by atoms with Gasteiger partial charge in [0.25, 0.3) is 11.1 Å². The molecule has 0 unspecified atom stereocenters. The maximum Gasteiger partial charge on any atom is 0.265 e. The van der Waals surface area contributed by atoms with E-state index in [1.165, 1.54) is 6.82 Å². The summed E-state index contributed by atoms with van der Waals surface area (Å²) in [6.07, 6.45) is 2.58. The summed E-state index contributed by atoms with van der Waals surface area (Å²) in [6, 6.07) is 21.6. The van der Waals surface area contributed by atoms with Gasteiger partial charge >= 0.3 is 0 Å². The summed E-state index contributed by atoms with van der Waals surface area (Å²) < 4.78 is 23.7. The van der Waals surface area contributed by atoms with Gasteiger partial charge in [0.2, 0.25) is 6.01 Å². The molecule has 0 aliphatic carbocycles. The SMILES string of the molecule is COCCN(CCOC)c1n[c-]nc(Oc2cccc(-n3c(=O)c4ccc5oc6ccccc6c6ccc(c3=O)c4c56)c2)n1.[B]C.[Y]. The Morgan fingerprint density at radius 1 is 0.787 bits per heavy atom. The summed E-state index contributed by atoms with van der Waals surface area (Å²) in [7, 11) is 7.73. The predicted molar refractivity (Wildman–Crippen MR) is 178 cm³/mol. The number of fused-ring (bicyclic) bond motifs is 2. The number of benzene rings is 4. The van der Waals surface area contributed by atoms with Crippen molar-refractivity contribution in [2.75, 3.05) is 45.4 Å². The second-order valence-electron chi connectivity index (χ2n) is 10.2. The van der Waals surface area contributed by atoms with Crippen LogP contribution >= 0.6 is 0 Å². The predicted octanol–water partition coefficient (Wildman–Crippen LogP) is 4.92. The average molecular weight is 703 g/mol. The minimum Gasteiger partial charge on any atom is -0.483 e. The molecule has 0 saturated heterocycles. The molecule has 0 amide bonds. The third-order valence-corrected chi connectivity index (χ3v) is 7.58. The molecular formula is C34H29BN5O6Y-. The van der Waals surface area contributed by atoms with E-state index in [-0.39, 0.29) is 38.7 Å². The summed E-state index contributed by atoms with van der Waals surface area (Å²) in [5, 5.41) is 4.01. The van der Waals surface area contributed by atoms with Crippen LogP contribution in [0.3, 0.4) is 0 Å². The molecule has 3 heterocycles. The maximum absolute atomic E-state index is 13.9. The number of para-hydroxylation sites is 1. The Balaban J connectivity index is 0.00000142. The van der Waals surface area contributed by atoms with Crippen LogP contribution in [0.1, 0.15) is 0 Å².